The standard InChI is InChI=1S/C4H3FO2/c1-3(7)4(5)2-6/h1H3. The van der Waals surface area contributed by atoms with Crippen LogP contribution in [0, 0.1) is 0 Å². The van der Waals surface area contributed by atoms with Crippen molar-refractivity contribution >= 4 is 11.7 Å². The molecule has 0 fully saturated rings. The fourth-order valence-corrected chi connectivity index (χ4v) is 0.0719. The lowest BCUT2D eigenvalue weighted by Gasteiger charge is -1.72. The number of carbonyl (C=O) groups excluding carboxylic acids is 2. The van der Waals surface area contributed by atoms with E-state index >= 15 is 0 Å². The molecule has 0 spiro atoms. The summed E-state index contributed by atoms with van der Waals surface area (Å²) in [5, 5.41) is 0. The van der Waals surface area contributed by atoms with Gasteiger partial charge >= 0.3 is 0 Å². The number of halogens is 1. The number of allylic oxidation sites excluding steroid dienone is 1. The van der Waals surface area contributed by atoms with Crippen molar-refractivity contribution in [2.45, 2.75) is 6.92 Å². The van der Waals surface area contributed by atoms with Gasteiger partial charge in [0, 0.05) is 6.92 Å². The smallest absolute Gasteiger partial charge is 0.248 e. The second kappa shape index (κ2) is 2.26. The Hall–Kier alpha value is -0.950. The Morgan fingerprint density at radius 1 is 1.71 bits per heavy atom. The molecule has 0 heterocycles. The predicted molar refractivity (Wildman–Crippen MR) is 21.0 cm³/mol. The molecule has 3 heteroatoms. The maximum atomic E-state index is 11.4. The number of carbonyl (C=O) groups is 1. The third-order valence-corrected chi connectivity index (χ3v) is 0.399. The van der Waals surface area contributed by atoms with Gasteiger partial charge in [-0.05, 0) is 0 Å². The lowest BCUT2D eigenvalue weighted by Crippen LogP contribution is -1.88. The van der Waals surface area contributed by atoms with Crippen molar-refractivity contribution in [1.82, 2.24) is 0 Å². The van der Waals surface area contributed by atoms with Gasteiger partial charge in [-0.15, -0.1) is 0 Å². The van der Waals surface area contributed by atoms with Crippen LogP contribution in [0.3, 0.4) is 0 Å². The lowest BCUT2D eigenvalue weighted by atomic mass is 10.4. The highest BCUT2D eigenvalue weighted by Crippen LogP contribution is 1.87. The van der Waals surface area contributed by atoms with Crippen molar-refractivity contribution in [3.05, 3.63) is 5.83 Å². The molecule has 0 aromatic heterocycles. The van der Waals surface area contributed by atoms with E-state index in [0.29, 0.717) is 0 Å². The quantitative estimate of drug-likeness (QED) is 0.351. The number of hydrogen-bond acceptors (Lipinski definition) is 2. The van der Waals surface area contributed by atoms with E-state index < -0.39 is 11.6 Å². The molecule has 7 heavy (non-hydrogen) atoms. The van der Waals surface area contributed by atoms with E-state index in [1.807, 2.05) is 0 Å². The molecule has 0 aromatic rings. The van der Waals surface area contributed by atoms with Crippen LogP contribution in [0.15, 0.2) is 5.83 Å². The second-order valence-electron chi connectivity index (χ2n) is 0.972. The highest BCUT2D eigenvalue weighted by atomic mass is 19.1. The fourth-order valence-electron chi connectivity index (χ4n) is 0.0719. The van der Waals surface area contributed by atoms with E-state index in [9.17, 15) is 14.0 Å². The van der Waals surface area contributed by atoms with E-state index in [1.54, 1.807) is 0 Å². The monoisotopic (exact) mass is 102 g/mol. The van der Waals surface area contributed by atoms with Gasteiger partial charge < -0.3 is 0 Å². The predicted octanol–water partition coefficient (Wildman–Crippen LogP) is 0.260. The maximum absolute atomic E-state index is 11.4. The van der Waals surface area contributed by atoms with Gasteiger partial charge in [0.2, 0.25) is 5.83 Å². The Morgan fingerprint density at radius 3 is 2.14 bits per heavy atom. The molecule has 0 aliphatic heterocycles. The van der Waals surface area contributed by atoms with Gasteiger partial charge in [0.1, 0.15) is 0 Å². The van der Waals surface area contributed by atoms with Crippen molar-refractivity contribution in [3.8, 4) is 0 Å². The van der Waals surface area contributed by atoms with Gasteiger partial charge in [0.05, 0.1) is 0 Å². The summed E-state index contributed by atoms with van der Waals surface area (Å²) in [6.07, 6.45) is 0. The Bertz CT molecular complexity index is 133. The van der Waals surface area contributed by atoms with Gasteiger partial charge in [0.25, 0.3) is 0 Å². The van der Waals surface area contributed by atoms with Crippen LogP contribution in [-0.4, -0.2) is 11.7 Å². The summed E-state index contributed by atoms with van der Waals surface area (Å²) in [7, 11) is 0. The van der Waals surface area contributed by atoms with Crippen molar-refractivity contribution in [2.24, 2.45) is 0 Å². The first-order valence-corrected chi connectivity index (χ1v) is 1.60. The topological polar surface area (TPSA) is 34.1 Å². The van der Waals surface area contributed by atoms with E-state index in [2.05, 4.69) is 0 Å². The van der Waals surface area contributed by atoms with E-state index in [4.69, 9.17) is 0 Å². The Kier molecular flexibility index (Phi) is 1.96. The first-order chi connectivity index (χ1) is 3.18. The van der Waals surface area contributed by atoms with Crippen LogP contribution >= 0.6 is 0 Å². The number of rotatable bonds is 1. The number of ketones is 1. The van der Waals surface area contributed by atoms with Crippen molar-refractivity contribution in [3.63, 3.8) is 0 Å². The van der Waals surface area contributed by atoms with Crippen molar-refractivity contribution in [2.75, 3.05) is 0 Å². The van der Waals surface area contributed by atoms with Gasteiger partial charge in [0.15, 0.2) is 11.7 Å². The third kappa shape index (κ3) is 1.84. The van der Waals surface area contributed by atoms with Gasteiger partial charge in [-0.25, -0.2) is 4.79 Å². The number of hydrogen-bond donors (Lipinski definition) is 0. The highest BCUT2D eigenvalue weighted by molar-refractivity contribution is 5.98. The molecule has 0 rings (SSSR count). The third-order valence-electron chi connectivity index (χ3n) is 0.399. The molecule has 2 nitrogen and oxygen atoms in total. The summed E-state index contributed by atoms with van der Waals surface area (Å²) in [6, 6.07) is 0. The van der Waals surface area contributed by atoms with Crippen LogP contribution < -0.4 is 0 Å². The lowest BCUT2D eigenvalue weighted by molar-refractivity contribution is -0.114. The zero-order chi connectivity index (χ0) is 5.86. The summed E-state index contributed by atoms with van der Waals surface area (Å²) in [5.41, 5.74) is 0. The summed E-state index contributed by atoms with van der Waals surface area (Å²) >= 11 is 0. The zero-order valence-corrected chi connectivity index (χ0v) is 3.69. The molecule has 0 atom stereocenters. The summed E-state index contributed by atoms with van der Waals surface area (Å²) in [6.45, 7) is 0.959. The van der Waals surface area contributed by atoms with Crippen molar-refractivity contribution in [1.29, 1.82) is 0 Å². The molecule has 38 valence electrons. The highest BCUT2D eigenvalue weighted by Gasteiger charge is 1.98. The minimum Gasteiger partial charge on any atom is -0.291 e. The van der Waals surface area contributed by atoms with Crippen molar-refractivity contribution < 1.29 is 14.0 Å². The summed E-state index contributed by atoms with van der Waals surface area (Å²) in [4.78, 5) is 18.9. The molecule has 0 aromatic carbocycles. The Labute approximate surface area is 39.6 Å². The minimum absolute atomic E-state index is 0.815. The van der Waals surface area contributed by atoms with Gasteiger partial charge in [-0.3, -0.25) is 4.79 Å². The molecule has 0 unspecified atom stereocenters. The first kappa shape index (κ1) is 6.05. The molecule has 0 radical (unpaired) electrons. The number of Topliss-reactive ketones (excluding diaryl/α,β-unsaturated/α-hetero) is 1. The average molecular weight is 102 g/mol. The molecular weight excluding hydrogens is 99.0 g/mol. The SMILES string of the molecule is CC(=O)C(F)=C=O. The van der Waals surface area contributed by atoms with Crippen LogP contribution in [0.25, 0.3) is 0 Å². The fraction of sp³-hybridized carbons (Fsp3) is 0.250. The zero-order valence-electron chi connectivity index (χ0n) is 3.69. The Morgan fingerprint density at radius 2 is 2.14 bits per heavy atom. The van der Waals surface area contributed by atoms with Crippen LogP contribution in [0.5, 0.6) is 0 Å². The van der Waals surface area contributed by atoms with Gasteiger partial charge in [-0.1, -0.05) is 0 Å². The molecule has 0 bridgehead atoms. The van der Waals surface area contributed by atoms with E-state index in [0.717, 1.165) is 12.9 Å². The molecule has 0 saturated carbocycles. The average Bonchev–Trinajstić information content (AvgIpc) is 1.65. The van der Waals surface area contributed by atoms with E-state index in [-0.39, 0.29) is 0 Å². The van der Waals surface area contributed by atoms with Crippen LogP contribution in [0.1, 0.15) is 6.92 Å². The normalized spacial score (nSPS) is 7.14. The second-order valence-corrected chi connectivity index (χ2v) is 0.972. The molecule has 0 amide bonds. The minimum atomic E-state index is -1.35. The largest absolute Gasteiger partial charge is 0.291 e. The Balaban J connectivity index is 4.10. The maximum Gasteiger partial charge on any atom is 0.248 e. The molecular formula is C4H3FO2. The molecule has 0 N–H and O–H groups in total. The molecule has 0 saturated heterocycles. The van der Waals surface area contributed by atoms with Crippen LogP contribution in [0.2, 0.25) is 0 Å². The first-order valence-electron chi connectivity index (χ1n) is 1.60. The van der Waals surface area contributed by atoms with Gasteiger partial charge in [-0.2, -0.15) is 4.39 Å². The van der Waals surface area contributed by atoms with Crippen LogP contribution in [-0.2, 0) is 9.59 Å². The van der Waals surface area contributed by atoms with E-state index in [1.165, 1.54) is 0 Å². The summed E-state index contributed by atoms with van der Waals surface area (Å²) in [5.74, 6) is -1.41. The molecule has 0 aliphatic rings. The molecule has 0 aliphatic carbocycles. The summed E-state index contributed by atoms with van der Waals surface area (Å²) < 4.78 is 11.4. The van der Waals surface area contributed by atoms with Crippen LogP contribution in [0.4, 0.5) is 4.39 Å².